The first-order valence-electron chi connectivity index (χ1n) is 7.45. The minimum absolute atomic E-state index is 0.133. The number of aromatic nitrogens is 2. The molecule has 4 nitrogen and oxygen atoms in total. The van der Waals surface area contributed by atoms with Crippen molar-refractivity contribution < 1.29 is 4.74 Å². The predicted molar refractivity (Wildman–Crippen MR) is 85.9 cm³/mol. The van der Waals surface area contributed by atoms with E-state index in [0.717, 1.165) is 23.5 Å². The highest BCUT2D eigenvalue weighted by molar-refractivity contribution is 9.09. The molecule has 1 fully saturated rings. The summed E-state index contributed by atoms with van der Waals surface area (Å²) in [7, 11) is 0. The van der Waals surface area contributed by atoms with E-state index in [1.807, 2.05) is 26.8 Å². The first-order valence-corrected chi connectivity index (χ1v) is 8.57. The quantitative estimate of drug-likeness (QED) is 0.782. The van der Waals surface area contributed by atoms with Crippen LogP contribution in [0, 0.1) is 6.92 Å². The van der Waals surface area contributed by atoms with Crippen LogP contribution in [0.1, 0.15) is 45.2 Å². The molecule has 20 heavy (non-hydrogen) atoms. The number of hydrogen-bond acceptors (Lipinski definition) is 4. The molecule has 0 N–H and O–H groups in total. The van der Waals surface area contributed by atoms with Crippen LogP contribution >= 0.6 is 15.9 Å². The molecule has 1 aliphatic rings. The highest BCUT2D eigenvalue weighted by atomic mass is 79.9. The van der Waals surface area contributed by atoms with Crippen LogP contribution in [0.4, 0.5) is 5.95 Å². The summed E-state index contributed by atoms with van der Waals surface area (Å²) in [5.41, 5.74) is 0.961. The summed E-state index contributed by atoms with van der Waals surface area (Å²) in [6.07, 6.45) is 5.12. The molecule has 1 aromatic rings. The van der Waals surface area contributed by atoms with Gasteiger partial charge >= 0.3 is 0 Å². The van der Waals surface area contributed by atoms with Crippen molar-refractivity contribution in [1.29, 1.82) is 0 Å². The highest BCUT2D eigenvalue weighted by Gasteiger charge is 2.23. The fraction of sp³-hybridized carbons (Fsp3) is 0.733. The highest BCUT2D eigenvalue weighted by Crippen LogP contribution is 2.24. The van der Waals surface area contributed by atoms with Crippen LogP contribution in [0.5, 0.6) is 5.88 Å². The monoisotopic (exact) mass is 341 g/mol. The lowest BCUT2D eigenvalue weighted by Crippen LogP contribution is -2.37. The SMILES string of the molecule is Cc1cc(OC(C)C)nc(N2CCCCCC2CBr)n1. The second-order valence-corrected chi connectivity index (χ2v) is 6.31. The molecule has 0 aromatic carbocycles. The Hall–Kier alpha value is -0.840. The lowest BCUT2D eigenvalue weighted by atomic mass is 10.1. The lowest BCUT2D eigenvalue weighted by Gasteiger charge is -2.29. The summed E-state index contributed by atoms with van der Waals surface area (Å²) in [5.74, 6) is 1.49. The molecule has 1 atom stereocenters. The minimum atomic E-state index is 0.133. The van der Waals surface area contributed by atoms with Gasteiger partial charge in [0.1, 0.15) is 0 Å². The summed E-state index contributed by atoms with van der Waals surface area (Å²) < 4.78 is 5.74. The van der Waals surface area contributed by atoms with Gasteiger partial charge in [0.05, 0.1) is 6.10 Å². The van der Waals surface area contributed by atoms with Crippen LogP contribution in [-0.2, 0) is 0 Å². The largest absolute Gasteiger partial charge is 0.475 e. The van der Waals surface area contributed by atoms with E-state index in [0.29, 0.717) is 11.9 Å². The van der Waals surface area contributed by atoms with E-state index < -0.39 is 0 Å². The molecule has 2 heterocycles. The van der Waals surface area contributed by atoms with Crippen LogP contribution in [-0.4, -0.2) is 34.0 Å². The van der Waals surface area contributed by atoms with E-state index in [4.69, 9.17) is 4.74 Å². The van der Waals surface area contributed by atoms with Gasteiger partial charge < -0.3 is 9.64 Å². The Bertz CT molecular complexity index is 439. The first kappa shape index (κ1) is 15.5. The maximum atomic E-state index is 5.74. The van der Waals surface area contributed by atoms with E-state index in [1.54, 1.807) is 0 Å². The number of ether oxygens (including phenoxy) is 1. The third-order valence-electron chi connectivity index (χ3n) is 3.49. The van der Waals surface area contributed by atoms with E-state index >= 15 is 0 Å². The van der Waals surface area contributed by atoms with Crippen LogP contribution in [0.25, 0.3) is 0 Å². The Kier molecular flexibility index (Phi) is 5.64. The zero-order chi connectivity index (χ0) is 14.5. The van der Waals surface area contributed by atoms with Crippen LogP contribution in [0.3, 0.4) is 0 Å². The summed E-state index contributed by atoms with van der Waals surface area (Å²) in [4.78, 5) is 11.6. The van der Waals surface area contributed by atoms with Crippen molar-refractivity contribution in [2.75, 3.05) is 16.8 Å². The van der Waals surface area contributed by atoms with Gasteiger partial charge in [0.2, 0.25) is 11.8 Å². The van der Waals surface area contributed by atoms with Crippen molar-refractivity contribution in [3.63, 3.8) is 0 Å². The van der Waals surface area contributed by atoms with E-state index in [-0.39, 0.29) is 6.10 Å². The Morgan fingerprint density at radius 3 is 2.85 bits per heavy atom. The zero-order valence-electron chi connectivity index (χ0n) is 12.6. The molecule has 0 spiro atoms. The number of anilines is 1. The third-order valence-corrected chi connectivity index (χ3v) is 4.23. The lowest BCUT2D eigenvalue weighted by molar-refractivity contribution is 0.232. The number of nitrogens with zero attached hydrogens (tertiary/aromatic N) is 3. The van der Waals surface area contributed by atoms with Gasteiger partial charge in [-0.25, -0.2) is 4.98 Å². The molecule has 112 valence electrons. The molecule has 2 rings (SSSR count). The average molecular weight is 342 g/mol. The fourth-order valence-electron chi connectivity index (χ4n) is 2.56. The molecule has 1 aliphatic heterocycles. The van der Waals surface area contributed by atoms with Gasteiger partial charge in [0.15, 0.2) is 0 Å². The van der Waals surface area contributed by atoms with Gasteiger partial charge in [-0.1, -0.05) is 28.8 Å². The topological polar surface area (TPSA) is 38.2 Å². The summed E-state index contributed by atoms with van der Waals surface area (Å²) in [6, 6.07) is 2.39. The number of halogens is 1. The number of aryl methyl sites for hydroxylation is 1. The maximum Gasteiger partial charge on any atom is 0.229 e. The number of rotatable bonds is 4. The zero-order valence-corrected chi connectivity index (χ0v) is 14.2. The van der Waals surface area contributed by atoms with Crippen LogP contribution < -0.4 is 9.64 Å². The Labute approximate surface area is 130 Å². The Balaban J connectivity index is 2.26. The normalized spacial score (nSPS) is 20.1. The fourth-order valence-corrected chi connectivity index (χ4v) is 3.23. The minimum Gasteiger partial charge on any atom is -0.475 e. The molecule has 0 aliphatic carbocycles. The molecule has 0 saturated carbocycles. The van der Waals surface area contributed by atoms with Crippen LogP contribution in [0.2, 0.25) is 0 Å². The molecular formula is C15H24BrN3O. The van der Waals surface area contributed by atoms with Crippen molar-refractivity contribution in [2.45, 2.75) is 58.6 Å². The predicted octanol–water partition coefficient (Wildman–Crippen LogP) is 3.72. The molecular weight excluding hydrogens is 318 g/mol. The van der Waals surface area contributed by atoms with Crippen molar-refractivity contribution in [2.24, 2.45) is 0 Å². The molecule has 0 bridgehead atoms. The van der Waals surface area contributed by atoms with E-state index in [9.17, 15) is 0 Å². The van der Waals surface area contributed by atoms with Gasteiger partial charge in [0, 0.05) is 29.7 Å². The van der Waals surface area contributed by atoms with Crippen molar-refractivity contribution >= 4 is 21.9 Å². The molecule has 1 saturated heterocycles. The van der Waals surface area contributed by atoms with E-state index in [1.165, 1.54) is 25.7 Å². The van der Waals surface area contributed by atoms with Gasteiger partial charge in [-0.3, -0.25) is 0 Å². The molecule has 5 heteroatoms. The molecule has 1 aromatic heterocycles. The Morgan fingerprint density at radius 1 is 1.35 bits per heavy atom. The van der Waals surface area contributed by atoms with Gasteiger partial charge in [-0.2, -0.15) is 4.98 Å². The third kappa shape index (κ3) is 4.08. The summed E-state index contributed by atoms with van der Waals surface area (Å²) >= 11 is 3.63. The average Bonchev–Trinajstić information content (AvgIpc) is 2.61. The van der Waals surface area contributed by atoms with Gasteiger partial charge in [-0.15, -0.1) is 0 Å². The van der Waals surface area contributed by atoms with Crippen molar-refractivity contribution in [1.82, 2.24) is 9.97 Å². The first-order chi connectivity index (χ1) is 9.60. The summed E-state index contributed by atoms with van der Waals surface area (Å²) in [6.45, 7) is 7.06. The van der Waals surface area contributed by atoms with E-state index in [2.05, 4.69) is 30.8 Å². The molecule has 0 radical (unpaired) electrons. The Morgan fingerprint density at radius 2 is 2.15 bits per heavy atom. The summed E-state index contributed by atoms with van der Waals surface area (Å²) in [5, 5.41) is 0.963. The number of alkyl halides is 1. The van der Waals surface area contributed by atoms with Crippen LogP contribution in [0.15, 0.2) is 6.07 Å². The maximum absolute atomic E-state index is 5.74. The van der Waals surface area contributed by atoms with Crippen molar-refractivity contribution in [3.05, 3.63) is 11.8 Å². The molecule has 1 unspecified atom stereocenters. The van der Waals surface area contributed by atoms with Gasteiger partial charge in [-0.05, 0) is 33.6 Å². The molecule has 0 amide bonds. The smallest absolute Gasteiger partial charge is 0.229 e. The van der Waals surface area contributed by atoms with Crippen molar-refractivity contribution in [3.8, 4) is 5.88 Å². The standard InChI is InChI=1S/C15H24BrN3O/c1-11(2)20-14-9-12(3)17-15(18-14)19-8-6-4-5-7-13(19)10-16/h9,11,13H,4-8,10H2,1-3H3. The van der Waals surface area contributed by atoms with Gasteiger partial charge in [0.25, 0.3) is 0 Å². The second kappa shape index (κ2) is 7.25. The second-order valence-electron chi connectivity index (χ2n) is 5.67. The number of hydrogen-bond donors (Lipinski definition) is 0.